The van der Waals surface area contributed by atoms with Crippen molar-refractivity contribution >= 4 is 17.7 Å². The van der Waals surface area contributed by atoms with Crippen molar-refractivity contribution in [3.8, 4) is 6.07 Å². The van der Waals surface area contributed by atoms with Gasteiger partial charge in [0.25, 0.3) is 0 Å². The minimum atomic E-state index is -0.559. The summed E-state index contributed by atoms with van der Waals surface area (Å²) >= 11 is 1.71. The highest BCUT2D eigenvalue weighted by Crippen LogP contribution is 2.48. The molecule has 3 aliphatic rings. The number of rotatable bonds is 0. The fourth-order valence-electron chi connectivity index (χ4n) is 3.12. The molecule has 3 saturated heterocycles. The Morgan fingerprint density at radius 1 is 1.56 bits per heavy atom. The van der Waals surface area contributed by atoms with Gasteiger partial charge in [-0.3, -0.25) is 9.69 Å². The van der Waals surface area contributed by atoms with E-state index in [1.54, 1.807) is 16.7 Å². The van der Waals surface area contributed by atoms with E-state index in [0.29, 0.717) is 6.61 Å². The first kappa shape index (κ1) is 12.3. The molecule has 0 saturated carbocycles. The van der Waals surface area contributed by atoms with Crippen LogP contribution < -0.4 is 0 Å². The van der Waals surface area contributed by atoms with Gasteiger partial charge in [-0.1, -0.05) is 0 Å². The van der Waals surface area contributed by atoms with Crippen LogP contribution in [-0.2, 0) is 9.53 Å². The first-order valence-corrected chi connectivity index (χ1v) is 7.19. The Labute approximate surface area is 111 Å². The summed E-state index contributed by atoms with van der Waals surface area (Å²) in [6.45, 7) is 4.39. The Bertz CT molecular complexity index is 447. The Hall–Kier alpha value is -0.770. The second kappa shape index (κ2) is 3.62. The number of likely N-dealkylation sites (N-methyl/N-ethyl adjacent to an activating group) is 1. The number of carbonyl (C=O) groups excluding carboxylic acids is 1. The van der Waals surface area contributed by atoms with Crippen molar-refractivity contribution in [1.82, 2.24) is 9.80 Å². The van der Waals surface area contributed by atoms with Gasteiger partial charge in [-0.25, -0.2) is 0 Å². The number of hydrogen-bond donors (Lipinski definition) is 0. The van der Waals surface area contributed by atoms with Crippen LogP contribution in [0.25, 0.3) is 0 Å². The van der Waals surface area contributed by atoms with E-state index in [9.17, 15) is 4.79 Å². The lowest BCUT2D eigenvalue weighted by Crippen LogP contribution is -2.55. The van der Waals surface area contributed by atoms with Crippen molar-refractivity contribution in [1.29, 1.82) is 5.26 Å². The topological polar surface area (TPSA) is 56.6 Å². The Kier molecular flexibility index (Phi) is 2.47. The van der Waals surface area contributed by atoms with Crippen LogP contribution in [0.1, 0.15) is 20.3 Å². The minimum Gasteiger partial charge on any atom is -0.359 e. The molecule has 0 N–H and O–H groups in total. The van der Waals surface area contributed by atoms with E-state index < -0.39 is 11.3 Å². The van der Waals surface area contributed by atoms with Crippen LogP contribution in [0.2, 0.25) is 0 Å². The highest BCUT2D eigenvalue weighted by molar-refractivity contribution is 8.00. The fourth-order valence-corrected chi connectivity index (χ4v) is 4.55. The van der Waals surface area contributed by atoms with Crippen LogP contribution in [0.3, 0.4) is 0 Å². The van der Waals surface area contributed by atoms with Gasteiger partial charge in [0, 0.05) is 12.2 Å². The van der Waals surface area contributed by atoms with Gasteiger partial charge in [0.15, 0.2) is 0 Å². The third-order valence-electron chi connectivity index (χ3n) is 4.50. The molecule has 98 valence electrons. The second-order valence-corrected chi connectivity index (χ2v) is 6.89. The van der Waals surface area contributed by atoms with Crippen molar-refractivity contribution in [2.24, 2.45) is 0 Å². The largest absolute Gasteiger partial charge is 0.359 e. The maximum atomic E-state index is 12.7. The molecule has 1 amide bonds. The van der Waals surface area contributed by atoms with Crippen molar-refractivity contribution in [2.75, 3.05) is 19.4 Å². The van der Waals surface area contributed by atoms with Crippen LogP contribution in [0.4, 0.5) is 0 Å². The molecule has 0 aliphatic carbocycles. The van der Waals surface area contributed by atoms with Crippen molar-refractivity contribution in [2.45, 2.75) is 42.9 Å². The van der Waals surface area contributed by atoms with E-state index >= 15 is 0 Å². The standard InChI is InChI=1S/C12H17N3O2S/c1-11(2)14(3)12(7-17-11)4-9-15(10(12)16)8(5-13)6-18-9/h8-9H,4,6-7H2,1-3H3/t8-,9+,12+/m1/s1. The number of carbonyl (C=O) groups is 1. The normalized spacial score (nSPS) is 42.6. The number of fused-ring (bicyclic) bond motifs is 1. The van der Waals surface area contributed by atoms with Crippen molar-refractivity contribution in [3.63, 3.8) is 0 Å². The summed E-state index contributed by atoms with van der Waals surface area (Å²) in [5.74, 6) is 0.800. The van der Waals surface area contributed by atoms with Crippen LogP contribution in [0.5, 0.6) is 0 Å². The van der Waals surface area contributed by atoms with Gasteiger partial charge >= 0.3 is 0 Å². The molecule has 3 atom stereocenters. The van der Waals surface area contributed by atoms with Crippen molar-refractivity contribution in [3.05, 3.63) is 0 Å². The molecule has 5 nitrogen and oxygen atoms in total. The summed E-state index contributed by atoms with van der Waals surface area (Å²) in [7, 11) is 1.94. The van der Waals surface area contributed by atoms with Crippen LogP contribution in [-0.4, -0.2) is 57.8 Å². The molecule has 3 aliphatic heterocycles. The van der Waals surface area contributed by atoms with Gasteiger partial charge in [0.1, 0.15) is 17.3 Å². The zero-order valence-corrected chi connectivity index (χ0v) is 11.7. The SMILES string of the molecule is CN1C(C)(C)OC[C@]12C[C@@H]1SC[C@@H](C#N)N1C2=O. The molecule has 1 spiro atoms. The molecule has 3 heterocycles. The Balaban J connectivity index is 1.95. The average Bonchev–Trinajstić information content (AvgIpc) is 2.91. The zero-order valence-electron chi connectivity index (χ0n) is 10.8. The lowest BCUT2D eigenvalue weighted by Gasteiger charge is -2.35. The number of ether oxygens (including phenoxy) is 1. The summed E-state index contributed by atoms with van der Waals surface area (Å²) in [6.07, 6.45) is 0.759. The van der Waals surface area contributed by atoms with Gasteiger partial charge in [-0.05, 0) is 20.9 Å². The smallest absolute Gasteiger partial charge is 0.247 e. The fraction of sp³-hybridized carbons (Fsp3) is 0.833. The van der Waals surface area contributed by atoms with E-state index in [2.05, 4.69) is 6.07 Å². The van der Waals surface area contributed by atoms with Crippen LogP contribution in [0.15, 0.2) is 0 Å². The van der Waals surface area contributed by atoms with Crippen LogP contribution in [0, 0.1) is 11.3 Å². The number of nitriles is 1. The molecule has 0 aromatic heterocycles. The molecule has 3 fully saturated rings. The summed E-state index contributed by atoms with van der Waals surface area (Å²) in [5.41, 5.74) is -0.973. The third kappa shape index (κ3) is 1.33. The quantitative estimate of drug-likeness (QED) is 0.644. The Morgan fingerprint density at radius 2 is 2.28 bits per heavy atom. The molecule has 0 bridgehead atoms. The van der Waals surface area contributed by atoms with E-state index in [1.165, 1.54) is 0 Å². The molecule has 0 aromatic carbocycles. The molecule has 0 aromatic rings. The molecule has 0 unspecified atom stereocenters. The highest BCUT2D eigenvalue weighted by Gasteiger charge is 2.64. The van der Waals surface area contributed by atoms with Crippen LogP contribution >= 0.6 is 11.8 Å². The van der Waals surface area contributed by atoms with Gasteiger partial charge in [-0.2, -0.15) is 5.26 Å². The number of thioether (sulfide) groups is 1. The molecular formula is C12H17N3O2S. The predicted octanol–water partition coefficient (Wildman–Crippen LogP) is 0.621. The summed E-state index contributed by atoms with van der Waals surface area (Å²) in [6, 6.07) is 1.96. The summed E-state index contributed by atoms with van der Waals surface area (Å²) in [5, 5.41) is 9.27. The summed E-state index contributed by atoms with van der Waals surface area (Å²) in [4.78, 5) is 16.5. The number of nitrogens with zero attached hydrogens (tertiary/aromatic N) is 3. The zero-order chi connectivity index (χ0) is 13.1. The third-order valence-corrected chi connectivity index (χ3v) is 5.79. The van der Waals surface area contributed by atoms with Gasteiger partial charge in [0.2, 0.25) is 5.91 Å². The number of hydrogen-bond acceptors (Lipinski definition) is 5. The second-order valence-electron chi connectivity index (χ2n) is 5.68. The van der Waals surface area contributed by atoms with E-state index in [0.717, 1.165) is 12.2 Å². The first-order chi connectivity index (χ1) is 8.42. The predicted molar refractivity (Wildman–Crippen MR) is 67.6 cm³/mol. The maximum absolute atomic E-state index is 12.7. The molecule has 6 heteroatoms. The number of amides is 1. The lowest BCUT2D eigenvalue weighted by atomic mass is 9.96. The molecule has 18 heavy (non-hydrogen) atoms. The molecular weight excluding hydrogens is 250 g/mol. The lowest BCUT2D eigenvalue weighted by molar-refractivity contribution is -0.138. The van der Waals surface area contributed by atoms with E-state index in [1.807, 2.05) is 25.8 Å². The highest BCUT2D eigenvalue weighted by atomic mass is 32.2. The first-order valence-electron chi connectivity index (χ1n) is 6.14. The molecule has 3 rings (SSSR count). The summed E-state index contributed by atoms with van der Waals surface area (Å²) < 4.78 is 5.78. The van der Waals surface area contributed by atoms with E-state index in [-0.39, 0.29) is 17.3 Å². The van der Waals surface area contributed by atoms with Gasteiger partial charge in [-0.15, -0.1) is 11.8 Å². The monoisotopic (exact) mass is 267 g/mol. The minimum absolute atomic E-state index is 0.0668. The van der Waals surface area contributed by atoms with E-state index in [4.69, 9.17) is 10.00 Å². The average molecular weight is 267 g/mol. The molecule has 0 radical (unpaired) electrons. The maximum Gasteiger partial charge on any atom is 0.247 e. The van der Waals surface area contributed by atoms with Gasteiger partial charge < -0.3 is 9.64 Å². The van der Waals surface area contributed by atoms with Crippen molar-refractivity contribution < 1.29 is 9.53 Å². The van der Waals surface area contributed by atoms with Gasteiger partial charge in [0.05, 0.1) is 18.0 Å². The Morgan fingerprint density at radius 3 is 2.83 bits per heavy atom.